The molecule has 0 unspecified atom stereocenters. The maximum absolute atomic E-state index is 16.2. The van der Waals surface area contributed by atoms with Crippen molar-refractivity contribution < 1.29 is 18.6 Å². The lowest BCUT2D eigenvalue weighted by molar-refractivity contribution is 0.107. The fourth-order valence-electron chi connectivity index (χ4n) is 5.96. The summed E-state index contributed by atoms with van der Waals surface area (Å²) in [6.45, 7) is 2.82. The predicted octanol–water partition coefficient (Wildman–Crippen LogP) is 4.62. The second-order valence-electron chi connectivity index (χ2n) is 10.8. The van der Waals surface area contributed by atoms with Gasteiger partial charge < -0.3 is 20.1 Å². The van der Waals surface area contributed by atoms with Crippen LogP contribution in [-0.2, 0) is 0 Å². The van der Waals surface area contributed by atoms with E-state index in [4.69, 9.17) is 4.74 Å². The van der Waals surface area contributed by atoms with E-state index < -0.39 is 12.0 Å². The molecule has 2 N–H and O–H groups in total. The van der Waals surface area contributed by atoms with Crippen molar-refractivity contribution in [2.45, 2.75) is 31.0 Å². The number of nitrogens with zero attached hydrogens (tertiary/aromatic N) is 5. The van der Waals surface area contributed by atoms with Crippen molar-refractivity contribution in [3.63, 3.8) is 0 Å². The van der Waals surface area contributed by atoms with E-state index in [0.717, 1.165) is 36.7 Å². The molecule has 0 radical (unpaired) electrons. The van der Waals surface area contributed by atoms with E-state index in [1.54, 1.807) is 12.3 Å². The molecule has 0 aliphatic carbocycles. The number of anilines is 1. The van der Waals surface area contributed by atoms with Crippen LogP contribution in [0.4, 0.5) is 14.6 Å². The molecule has 0 bridgehead atoms. The Morgan fingerprint density at radius 1 is 1.21 bits per heavy atom. The fourth-order valence-corrected chi connectivity index (χ4v) is 5.96. The molecule has 2 aliphatic rings. The SMILES string of the molecule is CN(C)CCNc1nc(OC[C@@]23CCCN2C[C@H](F)C3)nc2c(F)c(-c3cc(O)cc4ccccc34)ncc12. The van der Waals surface area contributed by atoms with Crippen LogP contribution in [0.3, 0.4) is 0 Å². The molecule has 2 fully saturated rings. The number of hydrogen-bond acceptors (Lipinski definition) is 8. The molecule has 4 heterocycles. The van der Waals surface area contributed by atoms with Gasteiger partial charge in [0.15, 0.2) is 5.82 Å². The zero-order valence-corrected chi connectivity index (χ0v) is 22.1. The van der Waals surface area contributed by atoms with E-state index in [-0.39, 0.29) is 35.1 Å². The molecule has 2 aromatic heterocycles. The molecule has 2 aromatic carbocycles. The summed E-state index contributed by atoms with van der Waals surface area (Å²) in [7, 11) is 3.93. The summed E-state index contributed by atoms with van der Waals surface area (Å²) in [5.41, 5.74) is 0.239. The second kappa shape index (κ2) is 10.2. The quantitative estimate of drug-likeness (QED) is 0.339. The number of pyridine rings is 1. The van der Waals surface area contributed by atoms with Crippen LogP contribution in [-0.4, -0.2) is 88.5 Å². The zero-order valence-electron chi connectivity index (χ0n) is 22.1. The van der Waals surface area contributed by atoms with Crippen LogP contribution in [0.15, 0.2) is 42.6 Å². The highest BCUT2D eigenvalue weighted by molar-refractivity contribution is 5.99. The van der Waals surface area contributed by atoms with Gasteiger partial charge in [-0.15, -0.1) is 0 Å². The smallest absolute Gasteiger partial charge is 0.319 e. The van der Waals surface area contributed by atoms with Crippen molar-refractivity contribution in [3.8, 4) is 23.0 Å². The number of phenols is 1. The van der Waals surface area contributed by atoms with Gasteiger partial charge in [-0.25, -0.2) is 8.78 Å². The second-order valence-corrected chi connectivity index (χ2v) is 10.8. The number of ether oxygens (including phenoxy) is 1. The van der Waals surface area contributed by atoms with Gasteiger partial charge in [-0.3, -0.25) is 9.88 Å². The first-order chi connectivity index (χ1) is 18.8. The summed E-state index contributed by atoms with van der Waals surface area (Å²) in [5.74, 6) is -0.187. The summed E-state index contributed by atoms with van der Waals surface area (Å²) in [4.78, 5) is 17.7. The van der Waals surface area contributed by atoms with E-state index in [0.29, 0.717) is 36.3 Å². The molecule has 0 amide bonds. The summed E-state index contributed by atoms with van der Waals surface area (Å²) < 4.78 is 36.6. The van der Waals surface area contributed by atoms with Crippen LogP contribution in [0.25, 0.3) is 32.9 Å². The van der Waals surface area contributed by atoms with Gasteiger partial charge in [0, 0.05) is 37.8 Å². The molecule has 4 aromatic rings. The Labute approximate surface area is 225 Å². The van der Waals surface area contributed by atoms with E-state index in [2.05, 4.69) is 25.2 Å². The minimum Gasteiger partial charge on any atom is -0.508 e. The Hall–Kier alpha value is -3.63. The Morgan fingerprint density at radius 2 is 2.05 bits per heavy atom. The number of nitrogens with one attached hydrogen (secondary N) is 1. The summed E-state index contributed by atoms with van der Waals surface area (Å²) in [6, 6.07) is 10.6. The van der Waals surface area contributed by atoms with Gasteiger partial charge in [-0.1, -0.05) is 24.3 Å². The normalized spacial score (nSPS) is 21.2. The first-order valence-electron chi connectivity index (χ1n) is 13.3. The van der Waals surface area contributed by atoms with E-state index in [1.807, 2.05) is 43.3 Å². The van der Waals surface area contributed by atoms with Gasteiger partial charge >= 0.3 is 6.01 Å². The third-order valence-corrected chi connectivity index (χ3v) is 7.85. The van der Waals surface area contributed by atoms with Crippen LogP contribution in [0.5, 0.6) is 11.8 Å². The average Bonchev–Trinajstić information content (AvgIpc) is 3.43. The molecular formula is C29H32F2N6O2. The Bertz CT molecular complexity index is 1530. The first-order valence-corrected chi connectivity index (χ1v) is 13.3. The minimum atomic E-state index is -0.877. The number of alkyl halides is 1. The zero-order chi connectivity index (χ0) is 27.1. The number of halogens is 2. The number of fused-ring (bicyclic) bond motifs is 3. The van der Waals surface area contributed by atoms with Crippen molar-refractivity contribution in [3.05, 3.63) is 48.4 Å². The number of hydrogen-bond donors (Lipinski definition) is 2. The number of phenolic OH excluding ortho intramolecular Hbond substituents is 1. The number of likely N-dealkylation sites (N-methyl/N-ethyl adjacent to an activating group) is 1. The molecule has 0 saturated carbocycles. The van der Waals surface area contributed by atoms with Crippen molar-refractivity contribution in [2.24, 2.45) is 0 Å². The molecule has 2 aliphatic heterocycles. The predicted molar refractivity (Wildman–Crippen MR) is 147 cm³/mol. The van der Waals surface area contributed by atoms with Gasteiger partial charge in [0.1, 0.15) is 35.6 Å². The number of aromatic nitrogens is 3. The lowest BCUT2D eigenvalue weighted by Gasteiger charge is -2.30. The third kappa shape index (κ3) is 4.83. The minimum absolute atomic E-state index is 0.0193. The van der Waals surface area contributed by atoms with Crippen molar-refractivity contribution in [2.75, 3.05) is 52.2 Å². The Kier molecular flexibility index (Phi) is 6.68. The average molecular weight is 535 g/mol. The molecule has 10 heteroatoms. The highest BCUT2D eigenvalue weighted by atomic mass is 19.1. The molecular weight excluding hydrogens is 502 g/mol. The van der Waals surface area contributed by atoms with Crippen molar-refractivity contribution >= 4 is 27.5 Å². The summed E-state index contributed by atoms with van der Waals surface area (Å²) in [6.07, 6.45) is 2.94. The van der Waals surface area contributed by atoms with Crippen LogP contribution in [0.1, 0.15) is 19.3 Å². The maximum Gasteiger partial charge on any atom is 0.319 e. The molecule has 39 heavy (non-hydrogen) atoms. The van der Waals surface area contributed by atoms with E-state index in [1.165, 1.54) is 6.07 Å². The molecule has 2 saturated heterocycles. The number of aromatic hydroxyl groups is 1. The molecule has 8 nitrogen and oxygen atoms in total. The van der Waals surface area contributed by atoms with Gasteiger partial charge in [0.05, 0.1) is 10.9 Å². The van der Waals surface area contributed by atoms with Crippen molar-refractivity contribution in [1.82, 2.24) is 24.8 Å². The van der Waals surface area contributed by atoms with E-state index in [9.17, 15) is 9.50 Å². The first kappa shape index (κ1) is 25.6. The van der Waals surface area contributed by atoms with Crippen LogP contribution < -0.4 is 10.1 Å². The van der Waals surface area contributed by atoms with Crippen molar-refractivity contribution in [1.29, 1.82) is 0 Å². The fraction of sp³-hybridized carbons (Fsp3) is 0.414. The highest BCUT2D eigenvalue weighted by Gasteiger charge is 2.49. The molecule has 6 rings (SSSR count). The number of benzene rings is 2. The lowest BCUT2D eigenvalue weighted by Crippen LogP contribution is -2.43. The molecule has 0 spiro atoms. The monoisotopic (exact) mass is 534 g/mol. The third-order valence-electron chi connectivity index (χ3n) is 7.85. The Morgan fingerprint density at radius 3 is 2.90 bits per heavy atom. The standard InChI is InChI=1S/C29H32F2N6O2/c1-36(2)11-9-32-27-23-15-33-25(22-13-20(38)12-18-6-3-4-7-21(18)22)24(31)26(23)34-28(35-27)39-17-29-8-5-10-37(29)16-19(30)14-29/h3-4,6-7,12-13,15,19,38H,5,8-11,14,16-17H2,1-2H3,(H,32,34,35)/t19-,29+/m1/s1. The van der Waals surface area contributed by atoms with Gasteiger partial charge in [-0.2, -0.15) is 9.97 Å². The lowest BCUT2D eigenvalue weighted by atomic mass is 9.95. The van der Waals surface area contributed by atoms with Gasteiger partial charge in [0.25, 0.3) is 0 Å². The van der Waals surface area contributed by atoms with E-state index >= 15 is 4.39 Å². The molecule has 204 valence electrons. The maximum atomic E-state index is 16.2. The largest absolute Gasteiger partial charge is 0.508 e. The van der Waals surface area contributed by atoms with Crippen LogP contribution in [0, 0.1) is 5.82 Å². The Balaban J connectivity index is 1.42. The number of rotatable bonds is 8. The van der Waals surface area contributed by atoms with Gasteiger partial charge in [0.2, 0.25) is 0 Å². The summed E-state index contributed by atoms with van der Waals surface area (Å²) >= 11 is 0. The topological polar surface area (TPSA) is 86.6 Å². The van der Waals surface area contributed by atoms with Crippen LogP contribution in [0.2, 0.25) is 0 Å². The van der Waals surface area contributed by atoms with Crippen LogP contribution >= 0.6 is 0 Å². The van der Waals surface area contributed by atoms with Gasteiger partial charge in [-0.05, 0) is 56.4 Å². The molecule has 2 atom stereocenters. The summed E-state index contributed by atoms with van der Waals surface area (Å²) in [5, 5.41) is 15.6. The highest BCUT2D eigenvalue weighted by Crippen LogP contribution is 2.41.